The molecule has 0 radical (unpaired) electrons. The number of nitrogens with zero attached hydrogens (tertiary/aromatic N) is 4. The smallest absolute Gasteiger partial charge is 0.143 e. The Hall–Kier alpha value is -3.49. The molecule has 2 aromatic heterocycles. The monoisotopic (exact) mass is 485 g/mol. The quantitative estimate of drug-likeness (QED) is 0.424. The zero-order chi connectivity index (χ0) is 24.2. The molecule has 8 heteroatoms. The van der Waals surface area contributed by atoms with Crippen molar-refractivity contribution in [3.63, 3.8) is 0 Å². The fourth-order valence-electron chi connectivity index (χ4n) is 5.95. The molecule has 2 saturated heterocycles. The largest absolute Gasteiger partial charge is 0.491 e. The number of ether oxygens (including phenoxy) is 2. The van der Waals surface area contributed by atoms with E-state index in [1.807, 2.05) is 12.1 Å². The number of rotatable bonds is 1. The molecule has 0 unspecified atom stereocenters. The molecule has 2 fully saturated rings. The van der Waals surface area contributed by atoms with Crippen LogP contribution < -0.4 is 9.64 Å². The van der Waals surface area contributed by atoms with Crippen molar-refractivity contribution in [1.29, 1.82) is 0 Å². The summed E-state index contributed by atoms with van der Waals surface area (Å²) in [7, 11) is 2.21. The molecule has 184 valence electrons. The van der Waals surface area contributed by atoms with Crippen LogP contribution in [0.2, 0.25) is 0 Å². The standard InChI is InChI=1S/C28H28FN5O2/c1-33-14-20-11-19(33)15-34(20)25-7-6-17-10-26(25)36-9-3-8-35-16-18-4-2-5-22(29)27(18)23-12-21-24(13-30-23)31-32-28(17)21/h2,4-7,10,12-13,19-20H,3,8-9,11,14-16H2,1H3,(H,31,32)/t19-,20-/m0/s1. The molecule has 0 amide bonds. The maximum atomic E-state index is 15.0. The second-order valence-corrected chi connectivity index (χ2v) is 10.0. The summed E-state index contributed by atoms with van der Waals surface area (Å²) < 4.78 is 27.3. The molecule has 4 aromatic rings. The van der Waals surface area contributed by atoms with Crippen molar-refractivity contribution in [3.05, 3.63) is 60.0 Å². The normalized spacial score (nSPS) is 21.9. The Morgan fingerprint density at radius 3 is 2.89 bits per heavy atom. The van der Waals surface area contributed by atoms with Crippen molar-refractivity contribution in [2.24, 2.45) is 0 Å². The van der Waals surface area contributed by atoms with Gasteiger partial charge in [-0.05, 0) is 43.3 Å². The number of hydrogen-bond donors (Lipinski definition) is 1. The lowest BCUT2D eigenvalue weighted by Gasteiger charge is -2.34. The van der Waals surface area contributed by atoms with Crippen molar-refractivity contribution >= 4 is 16.6 Å². The molecule has 5 heterocycles. The first-order valence-electron chi connectivity index (χ1n) is 12.6. The Bertz CT molecular complexity index is 1450. The lowest BCUT2D eigenvalue weighted by atomic mass is 10.0. The van der Waals surface area contributed by atoms with Gasteiger partial charge in [0.15, 0.2) is 0 Å². The van der Waals surface area contributed by atoms with Gasteiger partial charge in [-0.3, -0.25) is 15.0 Å². The van der Waals surface area contributed by atoms with Crippen LogP contribution in [-0.4, -0.2) is 65.5 Å². The molecular formula is C28H28FN5O2. The van der Waals surface area contributed by atoms with Crippen LogP contribution in [0.25, 0.3) is 33.4 Å². The van der Waals surface area contributed by atoms with E-state index >= 15 is 4.39 Å². The van der Waals surface area contributed by atoms with E-state index in [1.54, 1.807) is 12.3 Å². The first-order chi connectivity index (χ1) is 17.7. The minimum atomic E-state index is -0.308. The molecule has 2 atom stereocenters. The van der Waals surface area contributed by atoms with Crippen LogP contribution >= 0.6 is 0 Å². The number of likely N-dealkylation sites (tertiary alicyclic amines) is 1. The van der Waals surface area contributed by atoms with Gasteiger partial charge >= 0.3 is 0 Å². The fraction of sp³-hybridized carbons (Fsp3) is 0.357. The first-order valence-corrected chi connectivity index (χ1v) is 12.6. The van der Waals surface area contributed by atoms with Crippen LogP contribution in [0.1, 0.15) is 18.4 Å². The summed E-state index contributed by atoms with van der Waals surface area (Å²) in [5.41, 5.74) is 5.53. The van der Waals surface area contributed by atoms with E-state index < -0.39 is 0 Å². The van der Waals surface area contributed by atoms with Crippen molar-refractivity contribution in [3.8, 4) is 28.3 Å². The highest BCUT2D eigenvalue weighted by atomic mass is 19.1. The topological polar surface area (TPSA) is 66.5 Å². The highest BCUT2D eigenvalue weighted by Crippen LogP contribution is 2.41. The molecule has 36 heavy (non-hydrogen) atoms. The van der Waals surface area contributed by atoms with E-state index in [-0.39, 0.29) is 5.82 Å². The van der Waals surface area contributed by atoms with Gasteiger partial charge in [-0.25, -0.2) is 4.39 Å². The molecule has 7 nitrogen and oxygen atoms in total. The predicted octanol–water partition coefficient (Wildman–Crippen LogP) is 4.62. The minimum absolute atomic E-state index is 0.308. The average Bonchev–Trinajstić information content (AvgIpc) is 3.59. The van der Waals surface area contributed by atoms with Gasteiger partial charge in [0, 0.05) is 48.1 Å². The van der Waals surface area contributed by atoms with Crippen molar-refractivity contribution in [1.82, 2.24) is 20.1 Å². The van der Waals surface area contributed by atoms with Crippen LogP contribution in [0.15, 0.2) is 48.7 Å². The van der Waals surface area contributed by atoms with Crippen molar-refractivity contribution in [2.45, 2.75) is 31.5 Å². The molecule has 3 aliphatic rings. The summed E-state index contributed by atoms with van der Waals surface area (Å²) in [6.45, 7) is 3.48. The Labute approximate surface area is 208 Å². The van der Waals surface area contributed by atoms with Gasteiger partial charge in [-0.1, -0.05) is 18.2 Å². The summed E-state index contributed by atoms with van der Waals surface area (Å²) in [6, 6.07) is 14.5. The summed E-state index contributed by atoms with van der Waals surface area (Å²) in [5, 5.41) is 8.60. The number of hydrogen-bond acceptors (Lipinski definition) is 6. The van der Waals surface area contributed by atoms with E-state index in [0.717, 1.165) is 58.7 Å². The maximum absolute atomic E-state index is 15.0. The van der Waals surface area contributed by atoms with Gasteiger partial charge in [0.05, 0.1) is 42.9 Å². The van der Waals surface area contributed by atoms with E-state index in [0.29, 0.717) is 43.2 Å². The molecule has 0 spiro atoms. The van der Waals surface area contributed by atoms with Crippen LogP contribution in [0.3, 0.4) is 0 Å². The molecule has 0 saturated carbocycles. The second-order valence-electron chi connectivity index (χ2n) is 10.0. The zero-order valence-electron chi connectivity index (χ0n) is 20.2. The molecule has 2 aromatic carbocycles. The SMILES string of the molecule is CN1C[C@@H]2C[C@H]1CN2c1ccc2cc1OCCCOCc1cccc(F)c1-c1cc3c-2n[nH]c3cn1. The van der Waals surface area contributed by atoms with Crippen molar-refractivity contribution < 1.29 is 13.9 Å². The maximum Gasteiger partial charge on any atom is 0.143 e. The number of benzene rings is 2. The fourth-order valence-corrected chi connectivity index (χ4v) is 5.95. The number of likely N-dealkylation sites (N-methyl/N-ethyl adjacent to an activating group) is 1. The van der Waals surface area contributed by atoms with Gasteiger partial charge in [0.1, 0.15) is 17.3 Å². The van der Waals surface area contributed by atoms with E-state index in [4.69, 9.17) is 9.47 Å². The third-order valence-electron chi connectivity index (χ3n) is 7.81. The number of piperazine rings is 1. The number of aromatic amines is 1. The number of pyridine rings is 1. The second kappa shape index (κ2) is 8.57. The van der Waals surface area contributed by atoms with Crippen LogP contribution in [0.5, 0.6) is 5.75 Å². The van der Waals surface area contributed by atoms with E-state index in [1.165, 1.54) is 12.5 Å². The first kappa shape index (κ1) is 21.8. The lowest BCUT2D eigenvalue weighted by Crippen LogP contribution is -2.44. The Kier molecular flexibility index (Phi) is 5.18. The molecule has 1 N–H and O–H groups in total. The molecule has 0 aliphatic carbocycles. The van der Waals surface area contributed by atoms with Gasteiger partial charge in [-0.15, -0.1) is 0 Å². The Balaban J connectivity index is 1.35. The van der Waals surface area contributed by atoms with Gasteiger partial charge < -0.3 is 14.4 Å². The Morgan fingerprint density at radius 1 is 1.08 bits per heavy atom. The zero-order valence-corrected chi connectivity index (χ0v) is 20.2. The molecule has 3 aliphatic heterocycles. The highest BCUT2D eigenvalue weighted by molar-refractivity contribution is 5.95. The Morgan fingerprint density at radius 2 is 2.03 bits per heavy atom. The third kappa shape index (κ3) is 3.55. The average molecular weight is 486 g/mol. The van der Waals surface area contributed by atoms with Gasteiger partial charge in [0.25, 0.3) is 0 Å². The number of anilines is 1. The summed E-state index contributed by atoms with van der Waals surface area (Å²) >= 11 is 0. The summed E-state index contributed by atoms with van der Waals surface area (Å²) in [5.74, 6) is 0.565. The van der Waals surface area contributed by atoms with Crippen LogP contribution in [0, 0.1) is 5.82 Å². The van der Waals surface area contributed by atoms with Crippen molar-refractivity contribution in [2.75, 3.05) is 38.3 Å². The highest BCUT2D eigenvalue weighted by Gasteiger charge is 2.42. The summed E-state index contributed by atoms with van der Waals surface area (Å²) in [4.78, 5) is 9.51. The van der Waals surface area contributed by atoms with E-state index in [2.05, 4.69) is 50.2 Å². The number of fused-ring (bicyclic) bond motifs is 8. The molecule has 7 rings (SSSR count). The number of halogens is 1. The van der Waals surface area contributed by atoms with Crippen LogP contribution in [0.4, 0.5) is 10.1 Å². The predicted molar refractivity (Wildman–Crippen MR) is 137 cm³/mol. The summed E-state index contributed by atoms with van der Waals surface area (Å²) in [6.07, 6.45) is 3.66. The lowest BCUT2D eigenvalue weighted by molar-refractivity contribution is 0.107. The van der Waals surface area contributed by atoms with Gasteiger partial charge in [-0.2, -0.15) is 5.10 Å². The molecule has 6 bridgehead atoms. The molecular weight excluding hydrogens is 457 g/mol. The number of aromatic nitrogens is 3. The number of nitrogens with one attached hydrogen (secondary N) is 1. The van der Waals surface area contributed by atoms with Gasteiger partial charge in [0.2, 0.25) is 0 Å². The van der Waals surface area contributed by atoms with E-state index in [9.17, 15) is 0 Å². The third-order valence-corrected chi connectivity index (χ3v) is 7.81. The van der Waals surface area contributed by atoms with Crippen LogP contribution in [-0.2, 0) is 11.3 Å². The number of H-pyrrole nitrogens is 1. The minimum Gasteiger partial charge on any atom is -0.491 e.